The van der Waals surface area contributed by atoms with Gasteiger partial charge in [-0.05, 0) is 19.9 Å². The lowest BCUT2D eigenvalue weighted by molar-refractivity contribution is 0.150. The molecular weight excluding hydrogens is 484 g/mol. The number of hydrogen-bond acceptors (Lipinski definition) is 8. The van der Waals surface area contributed by atoms with Crippen LogP contribution < -0.4 is 0 Å². The predicted octanol–water partition coefficient (Wildman–Crippen LogP) is 5.55. The topological polar surface area (TPSA) is 114 Å². The van der Waals surface area contributed by atoms with E-state index in [1.54, 1.807) is 19.9 Å². The zero-order chi connectivity index (χ0) is 26.5. The third-order valence-corrected chi connectivity index (χ3v) is 5.54. The smallest absolute Gasteiger partial charge is 0.436 e. The van der Waals surface area contributed by atoms with Gasteiger partial charge in [0.15, 0.2) is 23.3 Å². The number of nitrogens with zero attached hydrogens (tertiary/aromatic N) is 6. The van der Waals surface area contributed by atoms with Gasteiger partial charge < -0.3 is 9.47 Å². The summed E-state index contributed by atoms with van der Waals surface area (Å²) in [6.07, 6.45) is -1.24. The molecule has 0 radical (unpaired) electrons. The van der Waals surface area contributed by atoms with Gasteiger partial charge in [0.25, 0.3) is 0 Å². The van der Waals surface area contributed by atoms with E-state index in [0.717, 1.165) is 20.5 Å². The number of hydrogen-bond donors (Lipinski definition) is 0. The fourth-order valence-corrected chi connectivity index (χ4v) is 3.84. The van der Waals surface area contributed by atoms with Crippen molar-refractivity contribution in [1.29, 1.82) is 0 Å². The van der Waals surface area contributed by atoms with Gasteiger partial charge in [0.1, 0.15) is 0 Å². The van der Waals surface area contributed by atoms with Crippen molar-refractivity contribution in [3.63, 3.8) is 0 Å². The maximum atomic E-state index is 12.6. The summed E-state index contributed by atoms with van der Waals surface area (Å²) in [5.41, 5.74) is 2.71. The third-order valence-electron chi connectivity index (χ3n) is 5.54. The Morgan fingerprint density at radius 3 is 1.39 bits per heavy atom. The summed E-state index contributed by atoms with van der Waals surface area (Å²) in [5.74, 6) is 1.37. The minimum Gasteiger partial charge on any atom is -0.448 e. The third kappa shape index (κ3) is 4.92. The molecular formula is C28H24N6O4. The SMILES string of the molecule is CCOC(=O)n1nc(-c2cccc(-c3nc(-c4ccccc4)n(C(=O)OCC)n3)c2)nc1-c1ccccc1. The molecule has 0 saturated carbocycles. The Labute approximate surface area is 218 Å². The van der Waals surface area contributed by atoms with Crippen LogP contribution in [0.25, 0.3) is 45.6 Å². The Bertz CT molecular complexity index is 1460. The van der Waals surface area contributed by atoms with Crippen molar-refractivity contribution in [3.8, 4) is 45.6 Å². The van der Waals surface area contributed by atoms with Crippen LogP contribution in [-0.4, -0.2) is 54.9 Å². The van der Waals surface area contributed by atoms with Crippen molar-refractivity contribution in [3.05, 3.63) is 84.9 Å². The van der Waals surface area contributed by atoms with Crippen molar-refractivity contribution in [2.75, 3.05) is 13.2 Å². The highest BCUT2D eigenvalue weighted by Crippen LogP contribution is 2.28. The number of carbonyl (C=O) groups excluding carboxylic acids is 2. The number of benzene rings is 3. The molecule has 2 aromatic heterocycles. The Hall–Kier alpha value is -5.12. The normalized spacial score (nSPS) is 10.8. The maximum Gasteiger partial charge on any atom is 0.436 e. The molecule has 3 aromatic carbocycles. The van der Waals surface area contributed by atoms with Crippen LogP contribution in [-0.2, 0) is 9.47 Å². The van der Waals surface area contributed by atoms with Gasteiger partial charge in [0.05, 0.1) is 13.2 Å². The van der Waals surface area contributed by atoms with Crippen LogP contribution in [0.2, 0.25) is 0 Å². The zero-order valence-electron chi connectivity index (χ0n) is 20.8. The molecule has 0 spiro atoms. The van der Waals surface area contributed by atoms with Gasteiger partial charge in [0, 0.05) is 22.3 Å². The molecule has 10 nitrogen and oxygen atoms in total. The van der Waals surface area contributed by atoms with Crippen molar-refractivity contribution >= 4 is 12.2 Å². The highest BCUT2D eigenvalue weighted by Gasteiger charge is 2.22. The fraction of sp³-hybridized carbons (Fsp3) is 0.143. The summed E-state index contributed by atoms with van der Waals surface area (Å²) < 4.78 is 12.7. The van der Waals surface area contributed by atoms with Crippen molar-refractivity contribution in [2.24, 2.45) is 0 Å². The van der Waals surface area contributed by atoms with Crippen LogP contribution in [0.3, 0.4) is 0 Å². The van der Waals surface area contributed by atoms with E-state index in [4.69, 9.17) is 9.47 Å². The van der Waals surface area contributed by atoms with Crippen LogP contribution in [0, 0.1) is 0 Å². The van der Waals surface area contributed by atoms with Crippen molar-refractivity contribution in [1.82, 2.24) is 29.5 Å². The molecule has 0 aliphatic carbocycles. The van der Waals surface area contributed by atoms with E-state index in [-0.39, 0.29) is 13.2 Å². The first-order valence-electron chi connectivity index (χ1n) is 12.1. The molecule has 5 aromatic rings. The van der Waals surface area contributed by atoms with E-state index in [1.165, 1.54) is 0 Å². The number of rotatable bonds is 6. The standard InChI is InChI=1S/C28H24N6O4/c1-3-37-27(35)33-25(19-12-7-5-8-13-19)29-23(31-33)21-16-11-17-22(18-21)24-30-26(20-14-9-6-10-15-20)34(32-24)28(36)38-4-2/h5-18H,3-4H2,1-2H3. The molecule has 0 aliphatic rings. The molecule has 0 bridgehead atoms. The molecule has 0 unspecified atom stereocenters. The largest absolute Gasteiger partial charge is 0.448 e. The number of ether oxygens (including phenoxy) is 2. The fourth-order valence-electron chi connectivity index (χ4n) is 3.84. The molecule has 2 heterocycles. The molecule has 0 aliphatic heterocycles. The highest BCUT2D eigenvalue weighted by molar-refractivity contribution is 5.79. The first-order chi connectivity index (χ1) is 18.6. The molecule has 0 saturated heterocycles. The van der Waals surface area contributed by atoms with Gasteiger partial charge in [-0.25, -0.2) is 19.6 Å². The Morgan fingerprint density at radius 1 is 0.605 bits per heavy atom. The molecule has 5 rings (SSSR count). The summed E-state index contributed by atoms with van der Waals surface area (Å²) in [5, 5.41) is 8.89. The molecule has 0 N–H and O–H groups in total. The summed E-state index contributed by atoms with van der Waals surface area (Å²) in [6.45, 7) is 3.87. The van der Waals surface area contributed by atoms with E-state index in [1.807, 2.05) is 78.9 Å². The summed E-state index contributed by atoms with van der Waals surface area (Å²) in [7, 11) is 0. The number of aromatic nitrogens is 6. The average Bonchev–Trinajstić information content (AvgIpc) is 3.61. The van der Waals surface area contributed by atoms with Crippen LogP contribution in [0.15, 0.2) is 84.9 Å². The van der Waals surface area contributed by atoms with E-state index in [2.05, 4.69) is 20.2 Å². The highest BCUT2D eigenvalue weighted by atomic mass is 16.6. The molecule has 0 fully saturated rings. The Morgan fingerprint density at radius 2 is 1.00 bits per heavy atom. The van der Waals surface area contributed by atoms with Gasteiger partial charge in [0.2, 0.25) is 0 Å². The summed E-state index contributed by atoms with van der Waals surface area (Å²) in [4.78, 5) is 34.6. The second-order valence-electron chi connectivity index (χ2n) is 8.05. The first-order valence-corrected chi connectivity index (χ1v) is 12.1. The van der Waals surface area contributed by atoms with Crippen LogP contribution >= 0.6 is 0 Å². The molecule has 10 heteroatoms. The van der Waals surface area contributed by atoms with Crippen LogP contribution in [0.5, 0.6) is 0 Å². The van der Waals surface area contributed by atoms with Gasteiger partial charge >= 0.3 is 12.2 Å². The average molecular weight is 509 g/mol. The quantitative estimate of drug-likeness (QED) is 0.293. The van der Waals surface area contributed by atoms with E-state index in [0.29, 0.717) is 34.4 Å². The second-order valence-corrected chi connectivity index (χ2v) is 8.05. The number of carbonyl (C=O) groups is 2. The summed E-state index contributed by atoms with van der Waals surface area (Å²) in [6, 6.07) is 25.8. The minimum atomic E-state index is -0.622. The van der Waals surface area contributed by atoms with Crippen molar-refractivity contribution < 1.29 is 19.1 Å². The molecule has 38 heavy (non-hydrogen) atoms. The van der Waals surface area contributed by atoms with Crippen molar-refractivity contribution in [2.45, 2.75) is 13.8 Å². The lowest BCUT2D eigenvalue weighted by atomic mass is 10.1. The van der Waals surface area contributed by atoms with E-state index in [9.17, 15) is 9.59 Å². The predicted molar refractivity (Wildman–Crippen MR) is 140 cm³/mol. The van der Waals surface area contributed by atoms with E-state index >= 15 is 0 Å². The lowest BCUT2D eigenvalue weighted by Gasteiger charge is -2.04. The van der Waals surface area contributed by atoms with Gasteiger partial charge in [-0.3, -0.25) is 0 Å². The second kappa shape index (κ2) is 10.9. The lowest BCUT2D eigenvalue weighted by Crippen LogP contribution is -2.16. The molecule has 0 amide bonds. The zero-order valence-corrected chi connectivity index (χ0v) is 20.8. The molecule has 190 valence electrons. The van der Waals surface area contributed by atoms with Gasteiger partial charge in [-0.1, -0.05) is 78.9 Å². The summed E-state index contributed by atoms with van der Waals surface area (Å²) >= 11 is 0. The van der Waals surface area contributed by atoms with Gasteiger partial charge in [-0.2, -0.15) is 0 Å². The van der Waals surface area contributed by atoms with E-state index < -0.39 is 12.2 Å². The maximum absolute atomic E-state index is 12.6. The Balaban J connectivity index is 1.57. The van der Waals surface area contributed by atoms with Crippen LogP contribution in [0.4, 0.5) is 9.59 Å². The monoisotopic (exact) mass is 508 g/mol. The first kappa shape index (κ1) is 24.6. The van der Waals surface area contributed by atoms with Gasteiger partial charge in [-0.15, -0.1) is 19.6 Å². The molecule has 0 atom stereocenters. The Kier molecular flexibility index (Phi) is 7.03. The minimum absolute atomic E-state index is 0.205. The van der Waals surface area contributed by atoms with Crippen LogP contribution in [0.1, 0.15) is 13.8 Å².